The van der Waals surface area contributed by atoms with E-state index in [1.165, 1.54) is 28.8 Å². The van der Waals surface area contributed by atoms with Crippen molar-refractivity contribution in [2.45, 2.75) is 22.7 Å². The third kappa shape index (κ3) is 3.17. The summed E-state index contributed by atoms with van der Waals surface area (Å²) in [6, 6.07) is 15.5. The highest BCUT2D eigenvalue weighted by Gasteiger charge is 2.78. The Labute approximate surface area is 229 Å². The van der Waals surface area contributed by atoms with Gasteiger partial charge < -0.3 is 9.64 Å². The molecule has 7 nitrogen and oxygen atoms in total. The molecule has 0 N–H and O–H groups in total. The van der Waals surface area contributed by atoms with Crippen LogP contribution in [0, 0.1) is 5.82 Å². The van der Waals surface area contributed by atoms with E-state index in [2.05, 4.69) is 4.98 Å². The molecule has 0 radical (unpaired) electrons. The fraction of sp³-hybridized carbons (Fsp3) is 0.286. The molecular formula is C28H25FN4O3S2. The lowest BCUT2D eigenvalue weighted by Crippen LogP contribution is -2.62. The zero-order chi connectivity index (χ0) is 26.8. The van der Waals surface area contributed by atoms with Crippen molar-refractivity contribution < 1.29 is 18.7 Å². The van der Waals surface area contributed by atoms with Gasteiger partial charge in [-0.15, -0.1) is 0 Å². The maximum Gasteiger partial charge on any atom is 0.254 e. The van der Waals surface area contributed by atoms with Crippen LogP contribution in [0.5, 0.6) is 5.75 Å². The number of rotatable bonds is 4. The highest BCUT2D eigenvalue weighted by atomic mass is 32.2. The summed E-state index contributed by atoms with van der Waals surface area (Å²) in [5, 5.41) is 0. The smallest absolute Gasteiger partial charge is 0.254 e. The number of likely N-dealkylation sites (N-methyl/N-ethyl adjacent to an activating group) is 2. The monoisotopic (exact) mass is 548 g/mol. The molecule has 3 aromatic rings. The molecule has 10 heteroatoms. The van der Waals surface area contributed by atoms with Crippen LogP contribution in [0.2, 0.25) is 0 Å². The van der Waals surface area contributed by atoms with Gasteiger partial charge in [0.1, 0.15) is 20.6 Å². The molecule has 0 saturated carbocycles. The molecule has 0 aliphatic carbocycles. The minimum atomic E-state index is -1.46. The number of hydrogen-bond donors (Lipinski definition) is 0. The van der Waals surface area contributed by atoms with Gasteiger partial charge in [0, 0.05) is 43.2 Å². The Hall–Kier alpha value is -3.34. The first kappa shape index (κ1) is 25.0. The van der Waals surface area contributed by atoms with Crippen molar-refractivity contribution in [2.24, 2.45) is 0 Å². The van der Waals surface area contributed by atoms with Gasteiger partial charge in [0.2, 0.25) is 5.91 Å². The number of benzene rings is 2. The molecule has 6 rings (SSSR count). The topological polar surface area (TPSA) is 66.0 Å². The summed E-state index contributed by atoms with van der Waals surface area (Å²) < 4.78 is 19.1. The third-order valence-electron chi connectivity index (χ3n) is 8.00. The number of methoxy groups -OCH3 is 1. The average molecular weight is 549 g/mol. The van der Waals surface area contributed by atoms with Crippen LogP contribution in [0.1, 0.15) is 22.6 Å². The zero-order valence-electron chi connectivity index (χ0n) is 21.1. The van der Waals surface area contributed by atoms with E-state index in [4.69, 9.17) is 17.0 Å². The maximum atomic E-state index is 14.8. The lowest BCUT2D eigenvalue weighted by atomic mass is 9.72. The predicted octanol–water partition coefficient (Wildman–Crippen LogP) is 3.93. The van der Waals surface area contributed by atoms with E-state index in [0.29, 0.717) is 27.9 Å². The van der Waals surface area contributed by atoms with Crippen molar-refractivity contribution in [2.75, 3.05) is 32.6 Å². The van der Waals surface area contributed by atoms with Crippen LogP contribution < -0.4 is 9.64 Å². The minimum Gasteiger partial charge on any atom is -0.497 e. The summed E-state index contributed by atoms with van der Waals surface area (Å²) in [5.41, 5.74) is 1.31. The normalized spacial score (nSPS) is 26.7. The molecule has 1 aromatic heterocycles. The Morgan fingerprint density at radius 3 is 2.58 bits per heavy atom. The molecule has 2 amide bonds. The van der Waals surface area contributed by atoms with Gasteiger partial charge in [-0.1, -0.05) is 42.2 Å². The Bertz CT molecular complexity index is 1470. The van der Waals surface area contributed by atoms with Crippen LogP contribution in [0.4, 0.5) is 10.1 Å². The summed E-state index contributed by atoms with van der Waals surface area (Å²) in [7, 11) is 5.09. The fourth-order valence-electron chi connectivity index (χ4n) is 6.30. The first-order valence-electron chi connectivity index (χ1n) is 12.1. The van der Waals surface area contributed by atoms with E-state index in [0.717, 1.165) is 11.1 Å². The second-order valence-electron chi connectivity index (χ2n) is 9.80. The lowest BCUT2D eigenvalue weighted by Gasteiger charge is -2.42. The van der Waals surface area contributed by atoms with Crippen LogP contribution in [0.3, 0.4) is 0 Å². The van der Waals surface area contributed by atoms with Crippen molar-refractivity contribution in [3.8, 4) is 5.75 Å². The second-order valence-corrected chi connectivity index (χ2v) is 11.7. The summed E-state index contributed by atoms with van der Waals surface area (Å²) in [5.74, 6) is -0.722. The van der Waals surface area contributed by atoms with Gasteiger partial charge >= 0.3 is 0 Å². The Balaban J connectivity index is 1.56. The number of halogens is 1. The predicted molar refractivity (Wildman–Crippen MR) is 148 cm³/mol. The SMILES string of the molecule is COc1ccc(CN2C(=O)C3(SC2=S)C(c2cccnc2)CN(C)C32C(=O)N(C)c3ccc(F)cc32)cc1. The number of aromatic nitrogens is 1. The fourth-order valence-corrected chi connectivity index (χ4v) is 8.43. The van der Waals surface area contributed by atoms with Crippen LogP contribution in [-0.4, -0.2) is 63.4 Å². The first-order valence-corrected chi connectivity index (χ1v) is 13.4. The third-order valence-corrected chi connectivity index (χ3v) is 9.94. The number of pyridine rings is 1. The summed E-state index contributed by atoms with van der Waals surface area (Å²) >= 11 is 7.08. The van der Waals surface area contributed by atoms with Crippen LogP contribution in [0.15, 0.2) is 67.0 Å². The second kappa shape index (κ2) is 8.86. The van der Waals surface area contributed by atoms with E-state index in [1.54, 1.807) is 37.5 Å². The molecule has 4 heterocycles. The van der Waals surface area contributed by atoms with Crippen molar-refractivity contribution in [1.29, 1.82) is 0 Å². The Kier molecular flexibility index (Phi) is 5.82. The number of anilines is 1. The number of carbonyl (C=O) groups excluding carboxylic acids is 2. The highest BCUT2D eigenvalue weighted by molar-refractivity contribution is 8.25. The molecular weight excluding hydrogens is 523 g/mol. The number of carbonyl (C=O) groups is 2. The minimum absolute atomic E-state index is 0.246. The molecule has 38 heavy (non-hydrogen) atoms. The number of thioether (sulfide) groups is 1. The molecule has 3 aliphatic heterocycles. The van der Waals surface area contributed by atoms with E-state index in [1.807, 2.05) is 48.3 Å². The molecule has 2 aromatic carbocycles. The van der Waals surface area contributed by atoms with Gasteiger partial charge in [-0.05, 0) is 54.6 Å². The molecule has 3 atom stereocenters. The molecule has 3 unspecified atom stereocenters. The van der Waals surface area contributed by atoms with E-state index in [-0.39, 0.29) is 18.4 Å². The molecule has 0 bridgehead atoms. The number of nitrogens with zero attached hydrogens (tertiary/aromatic N) is 4. The summed E-state index contributed by atoms with van der Waals surface area (Å²) in [6.45, 7) is 0.634. The zero-order valence-corrected chi connectivity index (χ0v) is 22.7. The van der Waals surface area contributed by atoms with Gasteiger partial charge in [0.05, 0.1) is 13.7 Å². The maximum absolute atomic E-state index is 14.8. The van der Waals surface area contributed by atoms with Gasteiger partial charge in [0.25, 0.3) is 5.91 Å². The molecule has 2 spiro atoms. The number of ether oxygens (including phenoxy) is 1. The van der Waals surface area contributed by atoms with Gasteiger partial charge in [0.15, 0.2) is 5.54 Å². The van der Waals surface area contributed by atoms with Gasteiger partial charge in [-0.2, -0.15) is 0 Å². The largest absolute Gasteiger partial charge is 0.497 e. The van der Waals surface area contributed by atoms with E-state index >= 15 is 0 Å². The number of hydrogen-bond acceptors (Lipinski definition) is 7. The van der Waals surface area contributed by atoms with E-state index < -0.39 is 22.0 Å². The first-order chi connectivity index (χ1) is 18.3. The molecule has 194 valence electrons. The number of amides is 2. The van der Waals surface area contributed by atoms with Crippen molar-refractivity contribution >= 4 is 45.8 Å². The standard InChI is InChI=1S/C28H25FN4O3S2/c1-31-16-22(18-5-4-12-30-14-18)28(27(31)21-13-19(29)8-11-23(21)32(2)24(27)34)25(35)33(26(37)38-28)15-17-6-9-20(36-3)10-7-17/h4-14,22H,15-16H2,1-3H3. The van der Waals surface area contributed by atoms with Crippen LogP contribution in [0.25, 0.3) is 0 Å². The average Bonchev–Trinajstić information content (AvgIpc) is 3.43. The van der Waals surface area contributed by atoms with Crippen LogP contribution in [-0.2, 0) is 21.7 Å². The quantitative estimate of drug-likeness (QED) is 0.458. The highest BCUT2D eigenvalue weighted by Crippen LogP contribution is 2.66. The number of likely N-dealkylation sites (tertiary alicyclic amines) is 1. The lowest BCUT2D eigenvalue weighted by molar-refractivity contribution is -0.139. The number of thiocarbonyl (C=S) groups is 1. The van der Waals surface area contributed by atoms with E-state index in [9.17, 15) is 14.0 Å². The van der Waals surface area contributed by atoms with Crippen molar-refractivity contribution in [1.82, 2.24) is 14.8 Å². The summed E-state index contributed by atoms with van der Waals surface area (Å²) in [4.78, 5) is 38.4. The van der Waals surface area contributed by atoms with Crippen molar-refractivity contribution in [3.63, 3.8) is 0 Å². The Morgan fingerprint density at radius 1 is 1.13 bits per heavy atom. The molecule has 3 aliphatic rings. The van der Waals surface area contributed by atoms with Crippen molar-refractivity contribution in [3.05, 3.63) is 89.5 Å². The molecule has 2 fully saturated rings. The van der Waals surface area contributed by atoms with Crippen LogP contribution >= 0.6 is 24.0 Å². The Morgan fingerprint density at radius 2 is 1.89 bits per heavy atom. The summed E-state index contributed by atoms with van der Waals surface area (Å²) in [6.07, 6.45) is 3.41. The number of fused-ring (bicyclic) bond motifs is 3. The molecule has 2 saturated heterocycles. The van der Waals surface area contributed by atoms with Gasteiger partial charge in [-0.3, -0.25) is 24.4 Å². The van der Waals surface area contributed by atoms with Gasteiger partial charge in [-0.25, -0.2) is 4.39 Å².